The van der Waals surface area contributed by atoms with E-state index in [1.54, 1.807) is 0 Å². The zero-order valence-electron chi connectivity index (χ0n) is 9.19. The summed E-state index contributed by atoms with van der Waals surface area (Å²) in [7, 11) is 0. The van der Waals surface area contributed by atoms with Crippen molar-refractivity contribution in [3.63, 3.8) is 0 Å². The first kappa shape index (κ1) is 10.6. The highest BCUT2D eigenvalue weighted by molar-refractivity contribution is 8.00. The summed E-state index contributed by atoms with van der Waals surface area (Å²) in [5, 5.41) is 5.22. The van der Waals surface area contributed by atoms with Gasteiger partial charge in [0.05, 0.1) is 23.5 Å². The SMILES string of the molecule is c1cc(SC2COC2)ncc1CNC1CC1. The fraction of sp³-hybridized carbons (Fsp3) is 0.583. The van der Waals surface area contributed by atoms with Crippen molar-refractivity contribution in [3.8, 4) is 0 Å². The lowest BCUT2D eigenvalue weighted by Crippen LogP contribution is -2.30. The van der Waals surface area contributed by atoms with Crippen LogP contribution in [0.2, 0.25) is 0 Å². The molecule has 1 aromatic rings. The van der Waals surface area contributed by atoms with Gasteiger partial charge in [-0.15, -0.1) is 0 Å². The van der Waals surface area contributed by atoms with E-state index in [0.717, 1.165) is 30.8 Å². The molecule has 1 saturated carbocycles. The number of hydrogen-bond acceptors (Lipinski definition) is 4. The highest BCUT2D eigenvalue weighted by Crippen LogP contribution is 2.26. The second-order valence-electron chi connectivity index (χ2n) is 4.44. The van der Waals surface area contributed by atoms with Crippen LogP contribution in [-0.4, -0.2) is 29.5 Å². The molecule has 0 atom stereocenters. The van der Waals surface area contributed by atoms with Gasteiger partial charge in [0.15, 0.2) is 0 Å². The molecular formula is C12H16N2OS. The number of nitrogens with one attached hydrogen (secondary N) is 1. The monoisotopic (exact) mass is 236 g/mol. The van der Waals surface area contributed by atoms with Crippen molar-refractivity contribution in [2.75, 3.05) is 13.2 Å². The van der Waals surface area contributed by atoms with Crippen molar-refractivity contribution >= 4 is 11.8 Å². The number of thioether (sulfide) groups is 1. The minimum absolute atomic E-state index is 0.614. The molecular weight excluding hydrogens is 220 g/mol. The van der Waals surface area contributed by atoms with Crippen molar-refractivity contribution < 1.29 is 4.74 Å². The molecule has 1 N–H and O–H groups in total. The Hall–Kier alpha value is -0.580. The van der Waals surface area contributed by atoms with Crippen LogP contribution in [0.1, 0.15) is 18.4 Å². The molecule has 0 bridgehead atoms. The molecule has 4 heteroatoms. The van der Waals surface area contributed by atoms with Crippen LogP contribution in [0.25, 0.3) is 0 Å². The maximum absolute atomic E-state index is 5.14. The smallest absolute Gasteiger partial charge is 0.0964 e. The maximum atomic E-state index is 5.14. The maximum Gasteiger partial charge on any atom is 0.0964 e. The first-order chi connectivity index (χ1) is 7.90. The number of pyridine rings is 1. The largest absolute Gasteiger partial charge is 0.379 e. The highest BCUT2D eigenvalue weighted by Gasteiger charge is 2.21. The summed E-state index contributed by atoms with van der Waals surface area (Å²) >= 11 is 1.82. The third-order valence-corrected chi connectivity index (χ3v) is 3.95. The molecule has 1 saturated heterocycles. The third kappa shape index (κ3) is 2.75. The third-order valence-electron chi connectivity index (χ3n) is 2.86. The fourth-order valence-electron chi connectivity index (χ4n) is 1.59. The molecule has 86 valence electrons. The molecule has 3 rings (SSSR count). The lowest BCUT2D eigenvalue weighted by atomic mass is 10.3. The molecule has 0 aromatic carbocycles. The molecule has 0 radical (unpaired) electrons. The lowest BCUT2D eigenvalue weighted by Gasteiger charge is -2.24. The predicted molar refractivity (Wildman–Crippen MR) is 64.6 cm³/mol. The van der Waals surface area contributed by atoms with Crippen LogP contribution in [0, 0.1) is 0 Å². The minimum Gasteiger partial charge on any atom is -0.379 e. The molecule has 0 spiro atoms. The van der Waals surface area contributed by atoms with E-state index in [-0.39, 0.29) is 0 Å². The van der Waals surface area contributed by atoms with Gasteiger partial charge in [-0.05, 0) is 24.5 Å². The van der Waals surface area contributed by atoms with Gasteiger partial charge in [0.2, 0.25) is 0 Å². The van der Waals surface area contributed by atoms with Crippen molar-refractivity contribution in [3.05, 3.63) is 23.9 Å². The van der Waals surface area contributed by atoms with Gasteiger partial charge in [0, 0.05) is 18.8 Å². The molecule has 0 amide bonds. The van der Waals surface area contributed by atoms with E-state index in [1.165, 1.54) is 18.4 Å². The standard InChI is InChI=1S/C12H16N2OS/c1-4-12(16-11-7-15-8-11)14-6-9(1)5-13-10-2-3-10/h1,4,6,10-11,13H,2-3,5,7-8H2. The van der Waals surface area contributed by atoms with E-state index >= 15 is 0 Å². The molecule has 2 fully saturated rings. The van der Waals surface area contributed by atoms with Crippen LogP contribution >= 0.6 is 11.8 Å². The molecule has 0 unspecified atom stereocenters. The predicted octanol–water partition coefficient (Wildman–Crippen LogP) is 1.82. The topological polar surface area (TPSA) is 34.1 Å². The average molecular weight is 236 g/mol. The minimum atomic E-state index is 0.614. The van der Waals surface area contributed by atoms with Gasteiger partial charge in [-0.1, -0.05) is 17.8 Å². The number of hydrogen-bond donors (Lipinski definition) is 1. The molecule has 1 aliphatic carbocycles. The van der Waals surface area contributed by atoms with E-state index in [2.05, 4.69) is 22.4 Å². The van der Waals surface area contributed by atoms with E-state index < -0.39 is 0 Å². The molecule has 2 heterocycles. The Labute approximate surface area is 100.0 Å². The van der Waals surface area contributed by atoms with Crippen LogP contribution in [0.3, 0.4) is 0 Å². The number of ether oxygens (including phenoxy) is 1. The second-order valence-corrected chi connectivity index (χ2v) is 5.76. The summed E-state index contributed by atoms with van der Waals surface area (Å²) < 4.78 is 5.14. The summed E-state index contributed by atoms with van der Waals surface area (Å²) in [5.41, 5.74) is 1.28. The van der Waals surface area contributed by atoms with Gasteiger partial charge >= 0.3 is 0 Å². The Balaban J connectivity index is 1.51. The molecule has 16 heavy (non-hydrogen) atoms. The van der Waals surface area contributed by atoms with Gasteiger partial charge in [0.25, 0.3) is 0 Å². The Kier molecular flexibility index (Phi) is 3.13. The lowest BCUT2D eigenvalue weighted by molar-refractivity contribution is 0.0454. The van der Waals surface area contributed by atoms with Crippen molar-refractivity contribution in [2.24, 2.45) is 0 Å². The zero-order chi connectivity index (χ0) is 10.8. The Bertz CT molecular complexity index is 347. The Morgan fingerprint density at radius 3 is 2.81 bits per heavy atom. The van der Waals surface area contributed by atoms with E-state index in [4.69, 9.17) is 4.74 Å². The van der Waals surface area contributed by atoms with Crippen LogP contribution in [0.5, 0.6) is 0 Å². The summed E-state index contributed by atoms with van der Waals surface area (Å²) in [4.78, 5) is 4.47. The zero-order valence-corrected chi connectivity index (χ0v) is 10.0. The molecule has 1 aliphatic heterocycles. The van der Waals surface area contributed by atoms with E-state index in [1.807, 2.05) is 18.0 Å². The molecule has 3 nitrogen and oxygen atoms in total. The number of aromatic nitrogens is 1. The summed E-state index contributed by atoms with van der Waals surface area (Å²) in [6.07, 6.45) is 4.66. The van der Waals surface area contributed by atoms with Crippen molar-refractivity contribution in [1.82, 2.24) is 10.3 Å². The first-order valence-electron chi connectivity index (χ1n) is 5.83. The highest BCUT2D eigenvalue weighted by atomic mass is 32.2. The molecule has 1 aromatic heterocycles. The summed E-state index contributed by atoms with van der Waals surface area (Å²) in [5.74, 6) is 0. The van der Waals surface area contributed by atoms with Gasteiger partial charge in [-0.25, -0.2) is 4.98 Å². The van der Waals surface area contributed by atoms with Crippen molar-refractivity contribution in [1.29, 1.82) is 0 Å². The first-order valence-corrected chi connectivity index (χ1v) is 6.71. The summed E-state index contributed by atoms with van der Waals surface area (Å²) in [6.45, 7) is 2.70. The Morgan fingerprint density at radius 1 is 1.38 bits per heavy atom. The van der Waals surface area contributed by atoms with Gasteiger partial charge in [-0.3, -0.25) is 0 Å². The van der Waals surface area contributed by atoms with E-state index in [0.29, 0.717) is 5.25 Å². The van der Waals surface area contributed by atoms with Gasteiger partial charge in [-0.2, -0.15) is 0 Å². The molecule has 2 aliphatic rings. The number of rotatable bonds is 5. The second kappa shape index (κ2) is 4.73. The average Bonchev–Trinajstić information content (AvgIpc) is 3.06. The summed E-state index contributed by atoms with van der Waals surface area (Å²) in [6, 6.07) is 5.05. The van der Waals surface area contributed by atoms with Gasteiger partial charge < -0.3 is 10.1 Å². The quantitative estimate of drug-likeness (QED) is 0.845. The number of nitrogens with zero attached hydrogens (tertiary/aromatic N) is 1. The van der Waals surface area contributed by atoms with Gasteiger partial charge in [0.1, 0.15) is 0 Å². The van der Waals surface area contributed by atoms with Crippen LogP contribution in [-0.2, 0) is 11.3 Å². The van der Waals surface area contributed by atoms with Crippen LogP contribution in [0.4, 0.5) is 0 Å². The van der Waals surface area contributed by atoms with E-state index in [9.17, 15) is 0 Å². The normalized spacial score (nSPS) is 20.8. The fourth-order valence-corrected chi connectivity index (χ4v) is 2.52. The van der Waals surface area contributed by atoms with Crippen LogP contribution < -0.4 is 5.32 Å². The Morgan fingerprint density at radius 2 is 2.25 bits per heavy atom. The van der Waals surface area contributed by atoms with Crippen LogP contribution in [0.15, 0.2) is 23.4 Å². The van der Waals surface area contributed by atoms with Crippen molar-refractivity contribution in [2.45, 2.75) is 35.7 Å².